The molecule has 0 bridgehead atoms. The number of benzene rings is 2. The summed E-state index contributed by atoms with van der Waals surface area (Å²) in [7, 11) is 2.95. The maximum atomic E-state index is 14.3. The van der Waals surface area contributed by atoms with Crippen molar-refractivity contribution >= 4 is 28.7 Å². The Hall–Kier alpha value is -3.39. The van der Waals surface area contributed by atoms with Gasteiger partial charge in [0.05, 0.1) is 6.54 Å². The van der Waals surface area contributed by atoms with Gasteiger partial charge in [-0.1, -0.05) is 48.0 Å². The summed E-state index contributed by atoms with van der Waals surface area (Å²) in [5.74, 6) is -0.0514. The number of imidazole rings is 1. The van der Waals surface area contributed by atoms with Gasteiger partial charge in [0.25, 0.3) is 5.56 Å². The van der Waals surface area contributed by atoms with Crippen LogP contribution in [-0.4, -0.2) is 18.7 Å². The molecule has 154 valence electrons. The van der Waals surface area contributed by atoms with Crippen LogP contribution in [0.15, 0.2) is 58.1 Å². The van der Waals surface area contributed by atoms with Crippen LogP contribution in [0.4, 0.5) is 10.3 Å². The van der Waals surface area contributed by atoms with Crippen LogP contribution >= 0.6 is 11.6 Å². The van der Waals surface area contributed by atoms with Gasteiger partial charge in [-0.3, -0.25) is 18.5 Å². The van der Waals surface area contributed by atoms with Crippen LogP contribution in [0.5, 0.6) is 0 Å². The molecule has 0 aliphatic rings. The first-order valence-corrected chi connectivity index (χ1v) is 9.63. The topological polar surface area (TPSA) is 73.8 Å². The number of rotatable bonds is 5. The van der Waals surface area contributed by atoms with Gasteiger partial charge in [-0.25, -0.2) is 9.18 Å². The molecule has 0 saturated carbocycles. The molecule has 0 fully saturated rings. The van der Waals surface area contributed by atoms with Crippen molar-refractivity contribution in [3.63, 3.8) is 0 Å². The summed E-state index contributed by atoms with van der Waals surface area (Å²) in [4.78, 5) is 29.7. The van der Waals surface area contributed by atoms with E-state index < -0.39 is 17.1 Å². The third kappa shape index (κ3) is 3.39. The molecule has 2 aromatic heterocycles. The van der Waals surface area contributed by atoms with Crippen LogP contribution in [0.25, 0.3) is 11.2 Å². The Balaban J connectivity index is 1.88. The molecule has 0 unspecified atom stereocenters. The minimum atomic E-state index is -0.497. The molecule has 1 N–H and O–H groups in total. The van der Waals surface area contributed by atoms with Gasteiger partial charge in [0.15, 0.2) is 11.2 Å². The molecule has 4 aromatic rings. The van der Waals surface area contributed by atoms with Crippen LogP contribution in [-0.2, 0) is 27.2 Å². The highest BCUT2D eigenvalue weighted by molar-refractivity contribution is 6.31. The lowest BCUT2D eigenvalue weighted by molar-refractivity contribution is 0.601. The van der Waals surface area contributed by atoms with Gasteiger partial charge in [0.2, 0.25) is 5.95 Å². The third-order valence-corrected chi connectivity index (χ3v) is 5.40. The average Bonchev–Trinajstić information content (AvgIpc) is 3.10. The molecule has 0 spiro atoms. The number of nitrogens with one attached hydrogen (secondary N) is 1. The second-order valence-electron chi connectivity index (χ2n) is 6.94. The molecule has 9 heteroatoms. The standard InChI is InChI=1S/C21H19ClFN5O2/c1-26-18-17(19(29)27(2)21(26)30)28(12-14-8-4-6-10-16(14)23)20(25-18)24-11-13-7-3-5-9-15(13)22/h3-10H,11-12H2,1-2H3,(H,24,25). The fourth-order valence-corrected chi connectivity index (χ4v) is 3.55. The molecule has 2 heterocycles. The first-order chi connectivity index (χ1) is 14.4. The summed E-state index contributed by atoms with van der Waals surface area (Å²) < 4.78 is 18.2. The molecule has 0 radical (unpaired) electrons. The van der Waals surface area contributed by atoms with E-state index in [2.05, 4.69) is 10.3 Å². The van der Waals surface area contributed by atoms with Crippen LogP contribution in [0.3, 0.4) is 0 Å². The van der Waals surface area contributed by atoms with E-state index >= 15 is 0 Å². The predicted molar refractivity (Wildman–Crippen MR) is 114 cm³/mol. The molecule has 0 saturated heterocycles. The molecule has 2 aromatic carbocycles. The number of aryl methyl sites for hydroxylation is 1. The second kappa shape index (κ2) is 7.79. The summed E-state index contributed by atoms with van der Waals surface area (Å²) in [6.07, 6.45) is 0. The van der Waals surface area contributed by atoms with Crippen molar-refractivity contribution in [2.75, 3.05) is 5.32 Å². The van der Waals surface area contributed by atoms with Crippen molar-refractivity contribution in [1.29, 1.82) is 0 Å². The molecule has 0 aliphatic carbocycles. The van der Waals surface area contributed by atoms with E-state index in [4.69, 9.17) is 11.6 Å². The number of hydrogen-bond donors (Lipinski definition) is 1. The Labute approximate surface area is 176 Å². The van der Waals surface area contributed by atoms with Gasteiger partial charge >= 0.3 is 5.69 Å². The Morgan fingerprint density at radius 2 is 1.67 bits per heavy atom. The molecule has 30 heavy (non-hydrogen) atoms. The maximum absolute atomic E-state index is 14.3. The SMILES string of the molecule is Cn1c(=O)c2c(nc(NCc3ccccc3Cl)n2Cc2ccccc2F)n(C)c1=O. The summed E-state index contributed by atoms with van der Waals surface area (Å²) in [5.41, 5.74) is 0.688. The van der Waals surface area contributed by atoms with E-state index in [9.17, 15) is 14.0 Å². The van der Waals surface area contributed by atoms with Crippen LogP contribution in [0, 0.1) is 5.82 Å². The Kier molecular flexibility index (Phi) is 5.17. The summed E-state index contributed by atoms with van der Waals surface area (Å²) in [6.45, 7) is 0.413. The van der Waals surface area contributed by atoms with Crippen molar-refractivity contribution in [1.82, 2.24) is 18.7 Å². The Bertz CT molecular complexity index is 1370. The molecular weight excluding hydrogens is 409 g/mol. The van der Waals surface area contributed by atoms with Gasteiger partial charge in [0, 0.05) is 31.2 Å². The lowest BCUT2D eigenvalue weighted by Crippen LogP contribution is -2.37. The van der Waals surface area contributed by atoms with Crippen LogP contribution < -0.4 is 16.6 Å². The zero-order chi connectivity index (χ0) is 21.4. The van der Waals surface area contributed by atoms with Crippen LogP contribution in [0.1, 0.15) is 11.1 Å². The first kappa shape index (κ1) is 19.9. The average molecular weight is 428 g/mol. The number of halogens is 2. The zero-order valence-corrected chi connectivity index (χ0v) is 17.2. The minimum absolute atomic E-state index is 0.0709. The maximum Gasteiger partial charge on any atom is 0.332 e. The highest BCUT2D eigenvalue weighted by Gasteiger charge is 2.20. The van der Waals surface area contributed by atoms with Gasteiger partial charge in [-0.15, -0.1) is 0 Å². The van der Waals surface area contributed by atoms with E-state index in [1.54, 1.807) is 35.9 Å². The number of anilines is 1. The predicted octanol–water partition coefficient (Wildman–Crippen LogP) is 2.89. The molecular formula is C21H19ClFN5O2. The van der Waals surface area contributed by atoms with Gasteiger partial charge < -0.3 is 5.32 Å². The first-order valence-electron chi connectivity index (χ1n) is 9.25. The van der Waals surface area contributed by atoms with E-state index in [0.717, 1.165) is 10.1 Å². The largest absolute Gasteiger partial charge is 0.351 e. The fraction of sp³-hybridized carbons (Fsp3) is 0.190. The zero-order valence-electron chi connectivity index (χ0n) is 16.4. The second-order valence-corrected chi connectivity index (χ2v) is 7.34. The van der Waals surface area contributed by atoms with E-state index in [0.29, 0.717) is 23.1 Å². The van der Waals surface area contributed by atoms with Crippen molar-refractivity contribution in [2.45, 2.75) is 13.1 Å². The van der Waals surface area contributed by atoms with E-state index in [-0.39, 0.29) is 17.7 Å². The summed E-state index contributed by atoms with van der Waals surface area (Å²) >= 11 is 6.24. The molecule has 0 amide bonds. The monoisotopic (exact) mass is 427 g/mol. The fourth-order valence-electron chi connectivity index (χ4n) is 3.35. The molecule has 0 atom stereocenters. The number of fused-ring (bicyclic) bond motifs is 1. The van der Waals surface area contributed by atoms with Gasteiger partial charge in [0.1, 0.15) is 5.82 Å². The van der Waals surface area contributed by atoms with Crippen molar-refractivity contribution in [3.8, 4) is 0 Å². The number of hydrogen-bond acceptors (Lipinski definition) is 4. The van der Waals surface area contributed by atoms with Crippen molar-refractivity contribution in [2.24, 2.45) is 14.1 Å². The molecule has 0 aliphatic heterocycles. The van der Waals surface area contributed by atoms with Crippen molar-refractivity contribution in [3.05, 3.63) is 91.3 Å². The summed E-state index contributed by atoms with van der Waals surface area (Å²) in [5, 5.41) is 3.76. The highest BCUT2D eigenvalue weighted by atomic mass is 35.5. The van der Waals surface area contributed by atoms with Gasteiger partial charge in [-0.2, -0.15) is 4.98 Å². The Morgan fingerprint density at radius 1 is 1.00 bits per heavy atom. The third-order valence-electron chi connectivity index (χ3n) is 5.03. The Morgan fingerprint density at radius 3 is 2.37 bits per heavy atom. The van der Waals surface area contributed by atoms with Crippen LogP contribution in [0.2, 0.25) is 5.02 Å². The van der Waals surface area contributed by atoms with E-state index in [1.165, 1.54) is 17.7 Å². The summed E-state index contributed by atoms with van der Waals surface area (Å²) in [6, 6.07) is 13.7. The van der Waals surface area contributed by atoms with E-state index in [1.807, 2.05) is 18.2 Å². The molecule has 4 rings (SSSR count). The lowest BCUT2D eigenvalue weighted by atomic mass is 10.2. The minimum Gasteiger partial charge on any atom is -0.351 e. The lowest BCUT2D eigenvalue weighted by Gasteiger charge is -2.12. The quantitative estimate of drug-likeness (QED) is 0.531. The number of aromatic nitrogens is 4. The highest BCUT2D eigenvalue weighted by Crippen LogP contribution is 2.21. The molecule has 7 nitrogen and oxygen atoms in total. The van der Waals surface area contributed by atoms with Crippen molar-refractivity contribution < 1.29 is 4.39 Å². The number of nitrogens with zero attached hydrogens (tertiary/aromatic N) is 4. The van der Waals surface area contributed by atoms with Gasteiger partial charge in [-0.05, 0) is 17.7 Å². The smallest absolute Gasteiger partial charge is 0.332 e. The normalized spacial score (nSPS) is 11.2.